The summed E-state index contributed by atoms with van der Waals surface area (Å²) in [6, 6.07) is 0. The first-order valence-corrected chi connectivity index (χ1v) is 5.36. The highest BCUT2D eigenvalue weighted by Gasteiger charge is 2.16. The lowest BCUT2D eigenvalue weighted by Gasteiger charge is -2.13. The van der Waals surface area contributed by atoms with Crippen molar-refractivity contribution >= 4 is 11.9 Å². The minimum atomic E-state index is -0.371. The van der Waals surface area contributed by atoms with Gasteiger partial charge in [0.15, 0.2) is 0 Å². The molecular formula is C10H18N4O3. The maximum absolute atomic E-state index is 11.4. The van der Waals surface area contributed by atoms with E-state index in [2.05, 4.69) is 10.0 Å². The quantitative estimate of drug-likeness (QED) is 0.221. The lowest BCUT2D eigenvalue weighted by molar-refractivity contribution is -0.148. The Morgan fingerprint density at radius 2 is 2.12 bits per heavy atom. The minimum absolute atomic E-state index is 0.0151. The number of carbonyl (C=O) groups is 2. The Morgan fingerprint density at radius 1 is 1.47 bits per heavy atom. The summed E-state index contributed by atoms with van der Waals surface area (Å²) in [5, 5.41) is 3.24. The third-order valence-corrected chi connectivity index (χ3v) is 2.19. The van der Waals surface area contributed by atoms with Gasteiger partial charge in [0, 0.05) is 25.4 Å². The van der Waals surface area contributed by atoms with Crippen LogP contribution in [0.2, 0.25) is 0 Å². The largest absolute Gasteiger partial charge is 0.465 e. The maximum Gasteiger partial charge on any atom is 0.308 e. The molecule has 0 fully saturated rings. The van der Waals surface area contributed by atoms with Crippen molar-refractivity contribution in [3.8, 4) is 0 Å². The molecule has 0 bridgehead atoms. The second kappa shape index (κ2) is 8.41. The molecule has 1 unspecified atom stereocenters. The highest BCUT2D eigenvalue weighted by Crippen LogP contribution is 2.08. The van der Waals surface area contributed by atoms with Crippen LogP contribution in [-0.2, 0) is 14.3 Å². The highest BCUT2D eigenvalue weighted by atomic mass is 16.5. The van der Waals surface area contributed by atoms with Gasteiger partial charge in [0.1, 0.15) is 0 Å². The fraction of sp³-hybridized carbons (Fsp3) is 0.800. The van der Waals surface area contributed by atoms with Gasteiger partial charge in [0.05, 0.1) is 19.1 Å². The van der Waals surface area contributed by atoms with Gasteiger partial charge in [0.2, 0.25) is 5.91 Å². The number of azide groups is 1. The molecule has 0 spiro atoms. The van der Waals surface area contributed by atoms with Crippen LogP contribution in [0.3, 0.4) is 0 Å². The van der Waals surface area contributed by atoms with Crippen molar-refractivity contribution in [3.05, 3.63) is 10.4 Å². The van der Waals surface area contributed by atoms with Gasteiger partial charge in [0.25, 0.3) is 0 Å². The minimum Gasteiger partial charge on any atom is -0.465 e. The average molecular weight is 242 g/mol. The van der Waals surface area contributed by atoms with E-state index in [9.17, 15) is 9.59 Å². The summed E-state index contributed by atoms with van der Waals surface area (Å²) in [5.74, 6) is -0.714. The van der Waals surface area contributed by atoms with Crippen molar-refractivity contribution in [1.29, 1.82) is 0 Å². The van der Waals surface area contributed by atoms with E-state index in [0.717, 1.165) is 0 Å². The Kier molecular flexibility index (Phi) is 7.54. The number of hydrogen-bond acceptors (Lipinski definition) is 4. The fourth-order valence-electron chi connectivity index (χ4n) is 1.06. The number of amides is 1. The lowest BCUT2D eigenvalue weighted by Crippen LogP contribution is -2.24. The van der Waals surface area contributed by atoms with Crippen LogP contribution < -0.4 is 0 Å². The molecule has 96 valence electrons. The van der Waals surface area contributed by atoms with Gasteiger partial charge in [-0.15, -0.1) is 0 Å². The summed E-state index contributed by atoms with van der Waals surface area (Å²) in [6.45, 7) is 1.92. The van der Waals surface area contributed by atoms with Gasteiger partial charge in [-0.2, -0.15) is 0 Å². The number of esters is 1. The Bertz CT molecular complexity index is 311. The molecule has 0 aromatic heterocycles. The van der Waals surface area contributed by atoms with Crippen LogP contribution in [0.1, 0.15) is 19.8 Å². The fourth-order valence-corrected chi connectivity index (χ4v) is 1.06. The molecule has 0 N–H and O–H groups in total. The molecule has 0 radical (unpaired) electrons. The topological polar surface area (TPSA) is 95.4 Å². The van der Waals surface area contributed by atoms with Gasteiger partial charge in [-0.1, -0.05) is 12.0 Å². The average Bonchev–Trinajstić information content (AvgIpc) is 2.30. The second-order valence-corrected chi connectivity index (χ2v) is 3.85. The van der Waals surface area contributed by atoms with Gasteiger partial charge < -0.3 is 9.64 Å². The third kappa shape index (κ3) is 7.19. The molecule has 17 heavy (non-hydrogen) atoms. The van der Waals surface area contributed by atoms with Crippen molar-refractivity contribution in [2.75, 3.05) is 27.2 Å². The van der Waals surface area contributed by atoms with E-state index in [-0.39, 0.29) is 30.9 Å². The number of carbonyl (C=O) groups excluding carboxylic acids is 2. The monoisotopic (exact) mass is 242 g/mol. The smallest absolute Gasteiger partial charge is 0.308 e. The van der Waals surface area contributed by atoms with Gasteiger partial charge in [-0.05, 0) is 12.0 Å². The molecule has 0 saturated heterocycles. The SMILES string of the molecule is CC(CCC(=O)N(C)C)C(=O)OCCN=[N+]=[N-]. The Labute approximate surface area is 100 Å². The number of rotatable bonds is 7. The van der Waals surface area contributed by atoms with Gasteiger partial charge >= 0.3 is 5.97 Å². The van der Waals surface area contributed by atoms with Crippen molar-refractivity contribution in [2.45, 2.75) is 19.8 Å². The van der Waals surface area contributed by atoms with Crippen molar-refractivity contribution < 1.29 is 14.3 Å². The molecule has 0 aliphatic heterocycles. The van der Waals surface area contributed by atoms with E-state index in [0.29, 0.717) is 12.8 Å². The Morgan fingerprint density at radius 3 is 2.65 bits per heavy atom. The summed E-state index contributed by atoms with van der Waals surface area (Å²) in [5.41, 5.74) is 8.01. The normalized spacial score (nSPS) is 11.2. The standard InChI is InChI=1S/C10H18N4O3/c1-8(4-5-9(15)14(2)3)10(16)17-7-6-12-13-11/h8H,4-7H2,1-3H3. The molecule has 0 rings (SSSR count). The van der Waals surface area contributed by atoms with Crippen LogP contribution in [0.4, 0.5) is 0 Å². The molecule has 1 amide bonds. The molecule has 0 aliphatic carbocycles. The first-order valence-electron chi connectivity index (χ1n) is 5.36. The van der Waals surface area contributed by atoms with E-state index >= 15 is 0 Å². The first-order chi connectivity index (χ1) is 7.99. The predicted octanol–water partition coefficient (Wildman–Crippen LogP) is 1.34. The number of hydrogen-bond donors (Lipinski definition) is 0. The van der Waals surface area contributed by atoms with E-state index in [1.165, 1.54) is 4.90 Å². The highest BCUT2D eigenvalue weighted by molar-refractivity contribution is 5.77. The van der Waals surface area contributed by atoms with Crippen LogP contribution in [0, 0.1) is 5.92 Å². The Hall–Kier alpha value is -1.75. The zero-order chi connectivity index (χ0) is 13.3. The van der Waals surface area contributed by atoms with E-state index in [1.807, 2.05) is 0 Å². The Balaban J connectivity index is 3.81. The summed E-state index contributed by atoms with van der Waals surface area (Å²) < 4.78 is 4.87. The zero-order valence-corrected chi connectivity index (χ0v) is 10.4. The first kappa shape index (κ1) is 15.2. The molecule has 0 saturated carbocycles. The number of ether oxygens (including phenoxy) is 1. The molecule has 0 aromatic carbocycles. The second-order valence-electron chi connectivity index (χ2n) is 3.85. The van der Waals surface area contributed by atoms with Crippen molar-refractivity contribution in [1.82, 2.24) is 4.90 Å². The van der Waals surface area contributed by atoms with Crippen molar-refractivity contribution in [2.24, 2.45) is 11.0 Å². The van der Waals surface area contributed by atoms with Gasteiger partial charge in [-0.3, -0.25) is 9.59 Å². The zero-order valence-electron chi connectivity index (χ0n) is 10.4. The molecule has 0 aromatic rings. The predicted molar refractivity (Wildman–Crippen MR) is 62.1 cm³/mol. The number of nitrogens with zero attached hydrogens (tertiary/aromatic N) is 4. The van der Waals surface area contributed by atoms with E-state index in [4.69, 9.17) is 10.3 Å². The van der Waals surface area contributed by atoms with E-state index < -0.39 is 0 Å². The van der Waals surface area contributed by atoms with Crippen LogP contribution in [0.25, 0.3) is 10.4 Å². The molecule has 0 heterocycles. The van der Waals surface area contributed by atoms with E-state index in [1.54, 1.807) is 21.0 Å². The molecule has 1 atom stereocenters. The molecule has 7 nitrogen and oxygen atoms in total. The summed E-state index contributed by atoms with van der Waals surface area (Å²) in [4.78, 5) is 26.7. The third-order valence-electron chi connectivity index (χ3n) is 2.19. The summed E-state index contributed by atoms with van der Waals surface area (Å²) >= 11 is 0. The van der Waals surface area contributed by atoms with Gasteiger partial charge in [-0.25, -0.2) is 0 Å². The molecule has 7 heteroatoms. The van der Waals surface area contributed by atoms with Crippen LogP contribution in [0.5, 0.6) is 0 Å². The van der Waals surface area contributed by atoms with Crippen LogP contribution in [0.15, 0.2) is 5.11 Å². The summed E-state index contributed by atoms with van der Waals surface area (Å²) in [6.07, 6.45) is 0.775. The maximum atomic E-state index is 11.4. The van der Waals surface area contributed by atoms with Crippen molar-refractivity contribution in [3.63, 3.8) is 0 Å². The van der Waals surface area contributed by atoms with Crippen LogP contribution >= 0.6 is 0 Å². The summed E-state index contributed by atoms with van der Waals surface area (Å²) in [7, 11) is 3.34. The molecular weight excluding hydrogens is 224 g/mol. The van der Waals surface area contributed by atoms with Crippen LogP contribution in [-0.4, -0.2) is 44.0 Å². The molecule has 0 aliphatic rings. The lowest BCUT2D eigenvalue weighted by atomic mass is 10.1.